The van der Waals surface area contributed by atoms with Crippen molar-refractivity contribution in [3.63, 3.8) is 0 Å². The first-order valence-electron chi connectivity index (χ1n) is 5.63. The lowest BCUT2D eigenvalue weighted by Gasteiger charge is -1.97. The predicted molar refractivity (Wildman–Crippen MR) is 70.8 cm³/mol. The van der Waals surface area contributed by atoms with E-state index >= 15 is 0 Å². The van der Waals surface area contributed by atoms with E-state index in [2.05, 4.69) is 0 Å². The van der Waals surface area contributed by atoms with Crippen LogP contribution in [0.3, 0.4) is 0 Å². The molecule has 1 heterocycles. The molecule has 0 fully saturated rings. The lowest BCUT2D eigenvalue weighted by Crippen LogP contribution is -2.00. The third-order valence-corrected chi connectivity index (χ3v) is 2.85. The van der Waals surface area contributed by atoms with Gasteiger partial charge in [-0.2, -0.15) is 0 Å². The van der Waals surface area contributed by atoms with Crippen molar-refractivity contribution in [3.8, 4) is 5.75 Å². The highest BCUT2D eigenvalue weighted by Crippen LogP contribution is 2.34. The number of hydrogen-bond acceptors (Lipinski definition) is 3. The molecular formula is C15H11NO2. The lowest BCUT2D eigenvalue weighted by molar-refractivity contribution is -0.126. The molecule has 0 spiro atoms. The Hall–Kier alpha value is -2.55. The zero-order valence-electron chi connectivity index (χ0n) is 9.59. The maximum absolute atomic E-state index is 11.8. The summed E-state index contributed by atoms with van der Waals surface area (Å²) >= 11 is 0. The van der Waals surface area contributed by atoms with Crippen LogP contribution < -0.4 is 10.5 Å². The molecule has 18 heavy (non-hydrogen) atoms. The van der Waals surface area contributed by atoms with Gasteiger partial charge < -0.3 is 10.5 Å². The van der Waals surface area contributed by atoms with Crippen LogP contribution in [0.4, 0.5) is 5.69 Å². The average Bonchev–Trinajstić information content (AvgIpc) is 2.69. The molecule has 0 radical (unpaired) electrons. The van der Waals surface area contributed by atoms with Crippen LogP contribution in [0.5, 0.6) is 5.75 Å². The second-order valence-corrected chi connectivity index (χ2v) is 4.11. The Kier molecular flexibility index (Phi) is 2.38. The summed E-state index contributed by atoms with van der Waals surface area (Å²) in [7, 11) is 0. The van der Waals surface area contributed by atoms with Crippen molar-refractivity contribution in [1.29, 1.82) is 0 Å². The highest BCUT2D eigenvalue weighted by molar-refractivity contribution is 6.25. The molecule has 0 amide bonds. The number of ether oxygens (including phenoxy) is 1. The first kappa shape index (κ1) is 10.6. The molecule has 0 bridgehead atoms. The Morgan fingerprint density at radius 1 is 1.00 bits per heavy atom. The molecule has 3 rings (SSSR count). The molecule has 0 aliphatic carbocycles. The normalized spacial score (nSPS) is 15.6. The smallest absolute Gasteiger partial charge is 0.344 e. The largest absolute Gasteiger partial charge is 0.422 e. The number of benzene rings is 2. The van der Waals surface area contributed by atoms with E-state index in [1.807, 2.05) is 36.4 Å². The monoisotopic (exact) mass is 237 g/mol. The van der Waals surface area contributed by atoms with Crippen LogP contribution in [0.25, 0.3) is 11.6 Å². The van der Waals surface area contributed by atoms with Gasteiger partial charge in [0, 0.05) is 11.3 Å². The maximum atomic E-state index is 11.8. The summed E-state index contributed by atoms with van der Waals surface area (Å²) in [6.45, 7) is 0. The molecule has 0 saturated heterocycles. The van der Waals surface area contributed by atoms with Crippen LogP contribution in [0, 0.1) is 0 Å². The van der Waals surface area contributed by atoms with Gasteiger partial charge in [-0.25, -0.2) is 4.79 Å². The fraction of sp³-hybridized carbons (Fsp3) is 0. The first-order chi connectivity index (χ1) is 8.74. The minimum atomic E-state index is -0.312. The van der Waals surface area contributed by atoms with E-state index in [0.29, 0.717) is 17.0 Å². The molecule has 1 aliphatic rings. The van der Waals surface area contributed by atoms with Gasteiger partial charge in [0.25, 0.3) is 0 Å². The Morgan fingerprint density at radius 2 is 1.72 bits per heavy atom. The number of nitrogens with two attached hydrogens (primary N) is 1. The van der Waals surface area contributed by atoms with E-state index in [9.17, 15) is 4.79 Å². The number of para-hydroxylation sites is 1. The van der Waals surface area contributed by atoms with Gasteiger partial charge in [0.2, 0.25) is 0 Å². The van der Waals surface area contributed by atoms with Crippen molar-refractivity contribution in [1.82, 2.24) is 0 Å². The van der Waals surface area contributed by atoms with Crippen molar-refractivity contribution in [3.05, 3.63) is 59.7 Å². The molecular weight excluding hydrogens is 226 g/mol. The fourth-order valence-corrected chi connectivity index (χ4v) is 1.94. The zero-order chi connectivity index (χ0) is 12.5. The topological polar surface area (TPSA) is 52.3 Å². The predicted octanol–water partition coefficient (Wildman–Crippen LogP) is 2.73. The highest BCUT2D eigenvalue weighted by atomic mass is 16.5. The average molecular weight is 237 g/mol. The molecule has 2 aromatic rings. The second-order valence-electron chi connectivity index (χ2n) is 4.11. The van der Waals surface area contributed by atoms with E-state index in [4.69, 9.17) is 10.5 Å². The number of rotatable bonds is 1. The summed E-state index contributed by atoms with van der Waals surface area (Å²) in [5.74, 6) is 0.303. The summed E-state index contributed by atoms with van der Waals surface area (Å²) < 4.78 is 5.18. The summed E-state index contributed by atoms with van der Waals surface area (Å²) in [6, 6.07) is 14.8. The molecule has 0 aromatic heterocycles. The van der Waals surface area contributed by atoms with E-state index in [1.165, 1.54) is 0 Å². The number of fused-ring (bicyclic) bond motifs is 1. The van der Waals surface area contributed by atoms with Crippen molar-refractivity contribution in [2.24, 2.45) is 0 Å². The van der Waals surface area contributed by atoms with Gasteiger partial charge in [0.15, 0.2) is 0 Å². The number of carbonyl (C=O) groups excluding carboxylic acids is 1. The molecule has 3 heteroatoms. The van der Waals surface area contributed by atoms with E-state index in [-0.39, 0.29) is 5.97 Å². The molecule has 0 atom stereocenters. The van der Waals surface area contributed by atoms with Gasteiger partial charge in [-0.05, 0) is 29.8 Å². The van der Waals surface area contributed by atoms with Crippen LogP contribution in [-0.2, 0) is 4.79 Å². The minimum absolute atomic E-state index is 0.312. The van der Waals surface area contributed by atoms with E-state index in [0.717, 1.165) is 11.1 Å². The third-order valence-electron chi connectivity index (χ3n) is 2.85. The molecule has 2 aromatic carbocycles. The van der Waals surface area contributed by atoms with E-state index in [1.54, 1.807) is 18.2 Å². The summed E-state index contributed by atoms with van der Waals surface area (Å²) in [5, 5.41) is 0. The minimum Gasteiger partial charge on any atom is -0.422 e. The summed E-state index contributed by atoms with van der Waals surface area (Å²) in [5.41, 5.74) is 8.66. The third kappa shape index (κ3) is 1.76. The van der Waals surface area contributed by atoms with E-state index < -0.39 is 0 Å². The van der Waals surface area contributed by atoms with Gasteiger partial charge in [-0.1, -0.05) is 30.3 Å². The van der Waals surface area contributed by atoms with Crippen LogP contribution in [0.2, 0.25) is 0 Å². The molecule has 2 N–H and O–H groups in total. The highest BCUT2D eigenvalue weighted by Gasteiger charge is 2.25. The first-order valence-corrected chi connectivity index (χ1v) is 5.63. The number of carbonyl (C=O) groups is 1. The molecule has 1 aliphatic heterocycles. The van der Waals surface area contributed by atoms with Gasteiger partial charge in [0.05, 0.1) is 5.57 Å². The lowest BCUT2D eigenvalue weighted by atomic mass is 10.0. The quantitative estimate of drug-likeness (QED) is 0.359. The van der Waals surface area contributed by atoms with Gasteiger partial charge in [0.1, 0.15) is 5.75 Å². The molecule has 0 unspecified atom stereocenters. The van der Waals surface area contributed by atoms with Crippen LogP contribution in [0.15, 0.2) is 48.5 Å². The second kappa shape index (κ2) is 4.04. The van der Waals surface area contributed by atoms with Crippen molar-refractivity contribution >= 4 is 23.3 Å². The SMILES string of the molecule is Nc1ccc(C=C2C(=O)Oc3ccccc32)cc1. The summed E-state index contributed by atoms with van der Waals surface area (Å²) in [6.07, 6.45) is 1.81. The Balaban J connectivity index is 2.07. The Labute approximate surface area is 105 Å². The Bertz CT molecular complexity index is 642. The number of hydrogen-bond donors (Lipinski definition) is 1. The van der Waals surface area contributed by atoms with Crippen molar-refractivity contribution in [2.75, 3.05) is 5.73 Å². The molecule has 0 saturated carbocycles. The van der Waals surface area contributed by atoms with Crippen molar-refractivity contribution < 1.29 is 9.53 Å². The number of esters is 1. The Morgan fingerprint density at radius 3 is 2.50 bits per heavy atom. The fourth-order valence-electron chi connectivity index (χ4n) is 1.94. The number of nitrogen functional groups attached to an aromatic ring is 1. The zero-order valence-corrected chi connectivity index (χ0v) is 9.59. The summed E-state index contributed by atoms with van der Waals surface area (Å²) in [4.78, 5) is 11.8. The van der Waals surface area contributed by atoms with Gasteiger partial charge in [-0.3, -0.25) is 0 Å². The van der Waals surface area contributed by atoms with Crippen LogP contribution in [-0.4, -0.2) is 5.97 Å². The van der Waals surface area contributed by atoms with Crippen LogP contribution in [0.1, 0.15) is 11.1 Å². The van der Waals surface area contributed by atoms with Crippen LogP contribution >= 0.6 is 0 Å². The molecule has 88 valence electrons. The van der Waals surface area contributed by atoms with Crippen molar-refractivity contribution in [2.45, 2.75) is 0 Å². The van der Waals surface area contributed by atoms with Gasteiger partial charge in [-0.15, -0.1) is 0 Å². The maximum Gasteiger partial charge on any atom is 0.344 e. The number of anilines is 1. The van der Waals surface area contributed by atoms with Gasteiger partial charge >= 0.3 is 5.97 Å². The molecule has 3 nitrogen and oxygen atoms in total. The standard InChI is InChI=1S/C15H11NO2/c16-11-7-5-10(6-8-11)9-13-12-3-1-2-4-14(12)18-15(13)17/h1-9H,16H2.